The number of hydrogen-bond donors (Lipinski definition) is 2. The van der Waals surface area contributed by atoms with E-state index in [-0.39, 0.29) is 11.5 Å². The summed E-state index contributed by atoms with van der Waals surface area (Å²) >= 11 is 5.87. The van der Waals surface area contributed by atoms with Gasteiger partial charge in [-0.1, -0.05) is 17.7 Å². The molecule has 0 bridgehead atoms. The molecule has 0 aromatic heterocycles. The minimum absolute atomic E-state index is 0.0415. The van der Waals surface area contributed by atoms with E-state index in [2.05, 4.69) is 5.32 Å². The van der Waals surface area contributed by atoms with E-state index >= 15 is 0 Å². The van der Waals surface area contributed by atoms with Crippen LogP contribution in [0.2, 0.25) is 5.02 Å². The lowest BCUT2D eigenvalue weighted by Crippen LogP contribution is -2.32. The number of aryl methyl sites for hydroxylation is 1. The minimum atomic E-state index is -3.13. The van der Waals surface area contributed by atoms with Gasteiger partial charge < -0.3 is 10.4 Å². The monoisotopic (exact) mass is 275 g/mol. The van der Waals surface area contributed by atoms with Gasteiger partial charge >= 0.3 is 0 Å². The zero-order chi connectivity index (χ0) is 12.6. The Hall–Kier alpha value is -0.780. The van der Waals surface area contributed by atoms with Crippen LogP contribution in [0.25, 0.3) is 0 Å². The third-order valence-electron chi connectivity index (χ3n) is 2.86. The number of anilines is 1. The van der Waals surface area contributed by atoms with Gasteiger partial charge in [0.25, 0.3) is 0 Å². The maximum atomic E-state index is 11.4. The fourth-order valence-corrected chi connectivity index (χ4v) is 3.83. The minimum Gasteiger partial charge on any atom is -0.390 e. The molecule has 1 aliphatic rings. The molecule has 1 saturated heterocycles. The van der Waals surface area contributed by atoms with Crippen LogP contribution in [0, 0.1) is 6.92 Å². The van der Waals surface area contributed by atoms with Gasteiger partial charge in [-0.15, -0.1) is 0 Å². The molecule has 0 saturated carbocycles. The van der Waals surface area contributed by atoms with Crippen molar-refractivity contribution in [2.45, 2.75) is 19.1 Å². The van der Waals surface area contributed by atoms with Crippen molar-refractivity contribution in [2.75, 3.05) is 16.8 Å². The van der Waals surface area contributed by atoms with Crippen molar-refractivity contribution in [1.29, 1.82) is 0 Å². The lowest BCUT2D eigenvalue weighted by molar-refractivity contribution is 0.190. The van der Waals surface area contributed by atoms with Crippen molar-refractivity contribution >= 4 is 27.1 Å². The summed E-state index contributed by atoms with van der Waals surface area (Å²) in [5.41, 5.74) is 1.73. The van der Waals surface area contributed by atoms with Gasteiger partial charge in [-0.2, -0.15) is 0 Å². The van der Waals surface area contributed by atoms with Crippen LogP contribution >= 0.6 is 11.6 Å². The summed E-state index contributed by atoms with van der Waals surface area (Å²) in [4.78, 5) is 0. The molecule has 0 radical (unpaired) electrons. The maximum Gasteiger partial charge on any atom is 0.155 e. The molecule has 6 heteroatoms. The molecule has 0 amide bonds. The van der Waals surface area contributed by atoms with Gasteiger partial charge in [0.05, 0.1) is 23.7 Å². The van der Waals surface area contributed by atoms with Gasteiger partial charge in [0.1, 0.15) is 0 Å². The smallest absolute Gasteiger partial charge is 0.155 e. The molecule has 1 aliphatic heterocycles. The van der Waals surface area contributed by atoms with Gasteiger partial charge in [0.15, 0.2) is 9.84 Å². The van der Waals surface area contributed by atoms with Crippen LogP contribution in [0.3, 0.4) is 0 Å². The highest BCUT2D eigenvalue weighted by Crippen LogP contribution is 2.24. The van der Waals surface area contributed by atoms with Crippen molar-refractivity contribution in [3.63, 3.8) is 0 Å². The largest absolute Gasteiger partial charge is 0.390 e. The van der Waals surface area contributed by atoms with Gasteiger partial charge in [-0.3, -0.25) is 0 Å². The van der Waals surface area contributed by atoms with Crippen LogP contribution in [-0.4, -0.2) is 37.2 Å². The first-order chi connectivity index (χ1) is 7.87. The van der Waals surface area contributed by atoms with Crippen LogP contribution in [0.1, 0.15) is 5.56 Å². The first kappa shape index (κ1) is 12.7. The van der Waals surface area contributed by atoms with Crippen LogP contribution in [0.15, 0.2) is 18.2 Å². The number of benzene rings is 1. The van der Waals surface area contributed by atoms with E-state index in [1.54, 1.807) is 12.1 Å². The summed E-state index contributed by atoms with van der Waals surface area (Å²) in [5, 5.41) is 13.3. The predicted molar refractivity (Wildman–Crippen MR) is 68.3 cm³/mol. The Bertz CT molecular complexity index is 530. The first-order valence-corrected chi connectivity index (χ1v) is 7.48. The van der Waals surface area contributed by atoms with E-state index in [0.29, 0.717) is 5.02 Å². The quantitative estimate of drug-likeness (QED) is 0.852. The second-order valence-corrected chi connectivity index (χ2v) is 6.94. The lowest BCUT2D eigenvalue weighted by atomic mass is 10.1. The average molecular weight is 276 g/mol. The van der Waals surface area contributed by atoms with E-state index in [0.717, 1.165) is 11.3 Å². The van der Waals surface area contributed by atoms with Gasteiger partial charge in [0.2, 0.25) is 0 Å². The number of halogens is 1. The Balaban J connectivity index is 2.19. The Labute approximate surface area is 106 Å². The number of hydrogen-bond acceptors (Lipinski definition) is 4. The molecular formula is C11H14ClNO3S. The number of nitrogens with one attached hydrogen (secondary N) is 1. The Kier molecular flexibility index (Phi) is 3.34. The van der Waals surface area contributed by atoms with E-state index in [1.165, 1.54) is 0 Å². The van der Waals surface area contributed by atoms with Crippen molar-refractivity contribution < 1.29 is 13.5 Å². The zero-order valence-corrected chi connectivity index (χ0v) is 10.9. The maximum absolute atomic E-state index is 11.4. The van der Waals surface area contributed by atoms with Crippen molar-refractivity contribution in [1.82, 2.24) is 0 Å². The van der Waals surface area contributed by atoms with Gasteiger partial charge in [0, 0.05) is 10.7 Å². The SMILES string of the molecule is Cc1ccc(Cl)cc1N[C@@H]1CS(=O)(=O)C[C@H]1O. The topological polar surface area (TPSA) is 66.4 Å². The van der Waals surface area contributed by atoms with E-state index in [1.807, 2.05) is 13.0 Å². The average Bonchev–Trinajstić information content (AvgIpc) is 2.46. The highest BCUT2D eigenvalue weighted by molar-refractivity contribution is 7.91. The molecule has 2 N–H and O–H groups in total. The number of rotatable bonds is 2. The first-order valence-electron chi connectivity index (χ1n) is 5.28. The molecule has 1 aromatic carbocycles. The van der Waals surface area contributed by atoms with E-state index in [4.69, 9.17) is 11.6 Å². The molecule has 0 aliphatic carbocycles. The summed E-state index contributed by atoms with van der Waals surface area (Å²) in [7, 11) is -3.13. The predicted octanol–water partition coefficient (Wildman–Crippen LogP) is 1.22. The second-order valence-electron chi connectivity index (χ2n) is 4.35. The van der Waals surface area contributed by atoms with Gasteiger partial charge in [-0.05, 0) is 24.6 Å². The molecule has 17 heavy (non-hydrogen) atoms. The molecule has 94 valence electrons. The Morgan fingerprint density at radius 1 is 1.41 bits per heavy atom. The second kappa shape index (κ2) is 4.48. The summed E-state index contributed by atoms with van der Waals surface area (Å²) in [6.07, 6.45) is -0.863. The molecule has 4 nitrogen and oxygen atoms in total. The standard InChI is InChI=1S/C11H14ClNO3S/c1-7-2-3-8(12)4-9(7)13-10-5-17(15,16)6-11(10)14/h2-4,10-11,13-14H,5-6H2,1H3/t10-,11-/m1/s1. The van der Waals surface area contributed by atoms with Crippen molar-refractivity contribution in [2.24, 2.45) is 0 Å². The summed E-state index contributed by atoms with van der Waals surface area (Å²) in [6, 6.07) is 4.89. The van der Waals surface area contributed by atoms with E-state index < -0.39 is 22.0 Å². The third kappa shape index (κ3) is 2.91. The molecule has 1 aromatic rings. The van der Waals surface area contributed by atoms with Crippen LogP contribution in [0.4, 0.5) is 5.69 Å². The summed E-state index contributed by atoms with van der Waals surface area (Å²) in [6.45, 7) is 1.90. The Morgan fingerprint density at radius 2 is 2.12 bits per heavy atom. The van der Waals surface area contributed by atoms with Crippen LogP contribution < -0.4 is 5.32 Å². The lowest BCUT2D eigenvalue weighted by Gasteiger charge is -2.18. The van der Waals surface area contributed by atoms with Crippen LogP contribution in [0.5, 0.6) is 0 Å². The number of aliphatic hydroxyl groups excluding tert-OH is 1. The van der Waals surface area contributed by atoms with E-state index in [9.17, 15) is 13.5 Å². The molecule has 0 spiro atoms. The highest BCUT2D eigenvalue weighted by atomic mass is 35.5. The third-order valence-corrected chi connectivity index (χ3v) is 4.81. The molecular weight excluding hydrogens is 262 g/mol. The van der Waals surface area contributed by atoms with Crippen LogP contribution in [-0.2, 0) is 9.84 Å². The fraction of sp³-hybridized carbons (Fsp3) is 0.455. The molecule has 1 heterocycles. The molecule has 2 atom stereocenters. The fourth-order valence-electron chi connectivity index (χ4n) is 1.92. The molecule has 1 fully saturated rings. The molecule has 0 unspecified atom stereocenters. The van der Waals surface area contributed by atoms with Gasteiger partial charge in [-0.25, -0.2) is 8.42 Å². The highest BCUT2D eigenvalue weighted by Gasteiger charge is 2.36. The number of aliphatic hydroxyl groups is 1. The van der Waals surface area contributed by atoms with Crippen molar-refractivity contribution in [3.8, 4) is 0 Å². The van der Waals surface area contributed by atoms with Crippen molar-refractivity contribution in [3.05, 3.63) is 28.8 Å². The summed E-state index contributed by atoms with van der Waals surface area (Å²) < 4.78 is 22.7. The summed E-state index contributed by atoms with van der Waals surface area (Å²) in [5.74, 6) is -0.218. The zero-order valence-electron chi connectivity index (χ0n) is 9.35. The number of sulfone groups is 1. The molecule has 2 rings (SSSR count). The normalized spacial score (nSPS) is 27.0. The Morgan fingerprint density at radius 3 is 2.71 bits per heavy atom.